The Balaban J connectivity index is 1.44. The molecule has 172 valence electrons. The largest absolute Gasteiger partial charge is 0.351 e. The number of aromatic nitrogens is 3. The van der Waals surface area contributed by atoms with Crippen molar-refractivity contribution in [1.82, 2.24) is 20.1 Å². The van der Waals surface area contributed by atoms with Gasteiger partial charge in [0, 0.05) is 23.5 Å². The van der Waals surface area contributed by atoms with Gasteiger partial charge in [0.15, 0.2) is 11.0 Å². The van der Waals surface area contributed by atoms with E-state index in [0.29, 0.717) is 28.8 Å². The van der Waals surface area contributed by atoms with E-state index in [-0.39, 0.29) is 17.5 Å². The lowest BCUT2D eigenvalue weighted by Crippen LogP contribution is -2.24. The summed E-state index contributed by atoms with van der Waals surface area (Å²) in [4.78, 5) is 23.4. The zero-order valence-electron chi connectivity index (χ0n) is 17.9. The number of para-hydroxylation sites is 1. The van der Waals surface area contributed by atoms with Crippen molar-refractivity contribution in [3.63, 3.8) is 0 Å². The number of hydrogen-bond donors (Lipinski definition) is 3. The molecule has 0 saturated heterocycles. The number of nitrogens with one attached hydrogen (secondary N) is 2. The van der Waals surface area contributed by atoms with Crippen LogP contribution in [-0.2, 0) is 11.3 Å². The van der Waals surface area contributed by atoms with E-state index in [1.807, 2.05) is 34.9 Å². The van der Waals surface area contributed by atoms with Crippen LogP contribution < -0.4 is 16.4 Å². The van der Waals surface area contributed by atoms with Crippen molar-refractivity contribution in [2.45, 2.75) is 11.7 Å². The molecule has 4 rings (SSSR count). The predicted molar refractivity (Wildman–Crippen MR) is 129 cm³/mol. The van der Waals surface area contributed by atoms with Crippen molar-refractivity contribution < 1.29 is 14.0 Å². The predicted octanol–water partition coefficient (Wildman–Crippen LogP) is 3.97. The summed E-state index contributed by atoms with van der Waals surface area (Å²) >= 11 is 1.25. The molecule has 0 fully saturated rings. The molecule has 1 heterocycles. The number of nitrogens with two attached hydrogens (primary N) is 1. The topological polar surface area (TPSA) is 115 Å². The first-order valence-electron chi connectivity index (χ1n) is 10.3. The molecule has 3 amide bonds. The van der Waals surface area contributed by atoms with Crippen LogP contribution >= 0.6 is 11.8 Å². The van der Waals surface area contributed by atoms with Gasteiger partial charge in [-0.25, -0.2) is 9.18 Å². The lowest BCUT2D eigenvalue weighted by molar-refractivity contribution is -0.118. The summed E-state index contributed by atoms with van der Waals surface area (Å²) in [5.74, 6) is 0.184. The molecule has 0 aliphatic heterocycles. The van der Waals surface area contributed by atoms with E-state index >= 15 is 0 Å². The SMILES string of the molecule is NC(=O)Nc1ccc(CNC(=O)CSc2nnc(-c3ccc(F)cc3)n2-c2ccccc2)cc1. The highest BCUT2D eigenvalue weighted by molar-refractivity contribution is 7.99. The molecule has 0 aliphatic carbocycles. The first-order chi connectivity index (χ1) is 16.5. The van der Waals surface area contributed by atoms with Crippen molar-refractivity contribution in [1.29, 1.82) is 0 Å². The molecule has 3 aromatic carbocycles. The van der Waals surface area contributed by atoms with Gasteiger partial charge in [-0.15, -0.1) is 10.2 Å². The highest BCUT2D eigenvalue weighted by atomic mass is 32.2. The third-order valence-electron chi connectivity index (χ3n) is 4.79. The van der Waals surface area contributed by atoms with Crippen molar-refractivity contribution in [2.24, 2.45) is 5.73 Å². The molecule has 1 aromatic heterocycles. The molecule has 4 aromatic rings. The number of hydrogen-bond acceptors (Lipinski definition) is 5. The van der Waals surface area contributed by atoms with Gasteiger partial charge in [0.2, 0.25) is 5.91 Å². The quantitative estimate of drug-likeness (QED) is 0.333. The van der Waals surface area contributed by atoms with E-state index in [4.69, 9.17) is 5.73 Å². The molecule has 0 radical (unpaired) electrons. The van der Waals surface area contributed by atoms with E-state index < -0.39 is 6.03 Å². The summed E-state index contributed by atoms with van der Waals surface area (Å²) in [5, 5.41) is 14.5. The Bertz CT molecular complexity index is 1280. The van der Waals surface area contributed by atoms with E-state index in [1.54, 1.807) is 36.4 Å². The zero-order chi connectivity index (χ0) is 23.9. The summed E-state index contributed by atoms with van der Waals surface area (Å²) < 4.78 is 15.2. The van der Waals surface area contributed by atoms with Crippen LogP contribution in [0.4, 0.5) is 14.9 Å². The van der Waals surface area contributed by atoms with Crippen LogP contribution in [0.2, 0.25) is 0 Å². The molecular weight excluding hydrogens is 455 g/mol. The minimum atomic E-state index is -0.635. The Morgan fingerprint density at radius 2 is 1.65 bits per heavy atom. The molecule has 10 heteroatoms. The molecule has 34 heavy (non-hydrogen) atoms. The number of nitrogens with zero attached hydrogens (tertiary/aromatic N) is 3. The summed E-state index contributed by atoms with van der Waals surface area (Å²) in [6, 6.07) is 21.9. The fraction of sp³-hybridized carbons (Fsp3) is 0.0833. The van der Waals surface area contributed by atoms with E-state index in [1.165, 1.54) is 23.9 Å². The van der Waals surface area contributed by atoms with Gasteiger partial charge in [0.05, 0.1) is 5.75 Å². The molecule has 0 unspecified atom stereocenters. The van der Waals surface area contributed by atoms with Crippen LogP contribution in [0.15, 0.2) is 84.0 Å². The number of primary amides is 1. The van der Waals surface area contributed by atoms with Gasteiger partial charge in [-0.2, -0.15) is 0 Å². The van der Waals surface area contributed by atoms with Crippen LogP contribution in [-0.4, -0.2) is 32.5 Å². The number of thioether (sulfide) groups is 1. The highest BCUT2D eigenvalue weighted by Gasteiger charge is 2.17. The van der Waals surface area contributed by atoms with E-state index in [9.17, 15) is 14.0 Å². The van der Waals surface area contributed by atoms with E-state index in [2.05, 4.69) is 20.8 Å². The average Bonchev–Trinajstić information content (AvgIpc) is 3.27. The highest BCUT2D eigenvalue weighted by Crippen LogP contribution is 2.28. The maximum atomic E-state index is 13.4. The summed E-state index contributed by atoms with van der Waals surface area (Å²) in [5.41, 5.74) is 8.09. The Morgan fingerprint density at radius 1 is 0.941 bits per heavy atom. The van der Waals surface area contributed by atoms with Gasteiger partial charge in [-0.1, -0.05) is 42.1 Å². The van der Waals surface area contributed by atoms with Crippen LogP contribution in [0, 0.1) is 5.82 Å². The summed E-state index contributed by atoms with van der Waals surface area (Å²) in [6.07, 6.45) is 0. The molecular formula is C24H21FN6O2S. The molecule has 0 bridgehead atoms. The minimum Gasteiger partial charge on any atom is -0.351 e. The lowest BCUT2D eigenvalue weighted by atomic mass is 10.2. The van der Waals surface area contributed by atoms with Gasteiger partial charge in [-0.3, -0.25) is 9.36 Å². The monoisotopic (exact) mass is 476 g/mol. The molecule has 0 atom stereocenters. The maximum absolute atomic E-state index is 13.4. The van der Waals surface area contributed by atoms with Crippen molar-refractivity contribution in [3.05, 3.63) is 90.2 Å². The third kappa shape index (κ3) is 5.78. The zero-order valence-corrected chi connectivity index (χ0v) is 18.8. The lowest BCUT2D eigenvalue weighted by Gasteiger charge is -2.10. The fourth-order valence-corrected chi connectivity index (χ4v) is 3.97. The van der Waals surface area contributed by atoms with Crippen LogP contribution in [0.3, 0.4) is 0 Å². The van der Waals surface area contributed by atoms with Crippen molar-refractivity contribution >= 4 is 29.4 Å². The fourth-order valence-electron chi connectivity index (χ4n) is 3.19. The standard InChI is InChI=1S/C24H21FN6O2S/c25-18-10-8-17(9-11-18)22-29-30-24(31(22)20-4-2-1-3-5-20)34-15-21(32)27-14-16-6-12-19(13-7-16)28-23(26)33/h1-13H,14-15H2,(H,27,32)(H3,26,28,33). The Labute approximate surface area is 199 Å². The second kappa shape index (κ2) is 10.6. The van der Waals surface area contributed by atoms with Crippen molar-refractivity contribution in [3.8, 4) is 17.1 Å². The second-order valence-electron chi connectivity index (χ2n) is 7.24. The number of carbonyl (C=O) groups excluding carboxylic acids is 2. The van der Waals surface area contributed by atoms with E-state index in [0.717, 1.165) is 11.3 Å². The third-order valence-corrected chi connectivity index (χ3v) is 5.72. The number of halogens is 1. The normalized spacial score (nSPS) is 10.6. The number of urea groups is 1. The number of benzene rings is 3. The first-order valence-corrected chi connectivity index (χ1v) is 11.3. The smallest absolute Gasteiger partial charge is 0.316 e. The minimum absolute atomic E-state index is 0.135. The molecule has 8 nitrogen and oxygen atoms in total. The van der Waals surface area contributed by atoms with Gasteiger partial charge in [0.25, 0.3) is 0 Å². The van der Waals surface area contributed by atoms with Crippen LogP contribution in [0.5, 0.6) is 0 Å². The Kier molecular flexibility index (Phi) is 7.19. The Hall–Kier alpha value is -4.18. The summed E-state index contributed by atoms with van der Waals surface area (Å²) in [6.45, 7) is 0.336. The number of rotatable bonds is 8. The molecule has 0 spiro atoms. The maximum Gasteiger partial charge on any atom is 0.316 e. The van der Waals surface area contributed by atoms with Gasteiger partial charge in [0.1, 0.15) is 5.82 Å². The van der Waals surface area contributed by atoms with Crippen molar-refractivity contribution in [2.75, 3.05) is 11.1 Å². The van der Waals surface area contributed by atoms with Gasteiger partial charge < -0.3 is 16.4 Å². The molecule has 0 aliphatic rings. The molecule has 0 saturated carbocycles. The number of anilines is 1. The summed E-state index contributed by atoms with van der Waals surface area (Å²) in [7, 11) is 0. The van der Waals surface area contributed by atoms with Crippen LogP contribution in [0.1, 0.15) is 5.56 Å². The first kappa shape index (κ1) is 23.0. The molecule has 4 N–H and O–H groups in total. The Morgan fingerprint density at radius 3 is 2.32 bits per heavy atom. The van der Waals surface area contributed by atoms with Gasteiger partial charge >= 0.3 is 6.03 Å². The number of amides is 3. The number of carbonyl (C=O) groups is 2. The second-order valence-corrected chi connectivity index (χ2v) is 8.18. The van der Waals surface area contributed by atoms with Crippen LogP contribution in [0.25, 0.3) is 17.1 Å². The average molecular weight is 477 g/mol. The van der Waals surface area contributed by atoms with Gasteiger partial charge in [-0.05, 0) is 54.1 Å².